The lowest BCUT2D eigenvalue weighted by atomic mass is 10.2. The van der Waals surface area contributed by atoms with Crippen molar-refractivity contribution in [2.45, 2.75) is 13.3 Å². The molecule has 0 aliphatic heterocycles. The molecule has 2 rings (SSSR count). The first kappa shape index (κ1) is 23.8. The van der Waals surface area contributed by atoms with E-state index in [1.165, 1.54) is 0 Å². The molecule has 0 spiro atoms. The average molecular weight is 494 g/mol. The average Bonchev–Trinajstić information content (AvgIpc) is 2.73. The zero-order valence-corrected chi connectivity index (χ0v) is 19.2. The number of rotatable bonds is 9. The fourth-order valence-corrected chi connectivity index (χ4v) is 3.03. The van der Waals surface area contributed by atoms with E-state index in [2.05, 4.69) is 31.9 Å². The van der Waals surface area contributed by atoms with Crippen LogP contribution in [0.25, 0.3) is 0 Å². The first-order chi connectivity index (χ1) is 14.4. The molecule has 0 saturated heterocycles. The Morgan fingerprint density at radius 2 is 1.90 bits per heavy atom. The first-order valence-corrected chi connectivity index (χ1v) is 10.6. The first-order valence-electron chi connectivity index (χ1n) is 9.36. The third-order valence-electron chi connectivity index (χ3n) is 3.85. The van der Waals surface area contributed by atoms with Crippen molar-refractivity contribution in [2.24, 2.45) is 0 Å². The van der Waals surface area contributed by atoms with Gasteiger partial charge in [-0.05, 0) is 55.0 Å². The van der Waals surface area contributed by atoms with E-state index in [0.29, 0.717) is 42.3 Å². The molecular weight excluding hydrogens is 470 g/mol. The minimum atomic E-state index is -0.395. The molecule has 7 nitrogen and oxygen atoms in total. The molecule has 0 saturated carbocycles. The lowest BCUT2D eigenvalue weighted by Gasteiger charge is -2.14. The van der Waals surface area contributed by atoms with Crippen LogP contribution < -0.4 is 20.7 Å². The minimum absolute atomic E-state index is 0.110. The van der Waals surface area contributed by atoms with Crippen molar-refractivity contribution in [1.82, 2.24) is 10.6 Å². The lowest BCUT2D eigenvalue weighted by molar-refractivity contribution is 0.0935. The predicted molar refractivity (Wildman–Crippen MR) is 124 cm³/mol. The van der Waals surface area contributed by atoms with Gasteiger partial charge in [0.2, 0.25) is 0 Å². The minimum Gasteiger partial charge on any atom is -0.493 e. The third-order valence-corrected chi connectivity index (χ3v) is 4.55. The maximum Gasteiger partial charge on any atom is 0.261 e. The number of carbonyl (C=O) groups excluding carboxylic acids is 2. The number of carbonyl (C=O) groups is 2. The van der Waals surface area contributed by atoms with Crippen molar-refractivity contribution >= 4 is 50.8 Å². The number of methoxy groups -OCH3 is 1. The standard InChI is InChI=1S/C21H24BrN3O4S/c1-3-10-29-18-8-7-15(22)13-17(18)20(27)25-21(30)24-16-6-4-5-14(12-16)19(26)23-9-11-28-2/h4-8,12-13H,3,9-11H2,1-2H3,(H,23,26)(H2,24,25,27,30). The van der Waals surface area contributed by atoms with Crippen LogP contribution in [0.1, 0.15) is 34.1 Å². The van der Waals surface area contributed by atoms with Gasteiger partial charge in [-0.1, -0.05) is 28.9 Å². The molecule has 2 aromatic carbocycles. The second kappa shape index (κ2) is 12.3. The summed E-state index contributed by atoms with van der Waals surface area (Å²) in [5, 5.41) is 8.43. The van der Waals surface area contributed by atoms with Gasteiger partial charge in [0.1, 0.15) is 5.75 Å². The largest absolute Gasteiger partial charge is 0.493 e. The summed E-state index contributed by atoms with van der Waals surface area (Å²) < 4.78 is 11.3. The van der Waals surface area contributed by atoms with Crippen molar-refractivity contribution in [1.29, 1.82) is 0 Å². The quantitative estimate of drug-likeness (QED) is 0.364. The van der Waals surface area contributed by atoms with E-state index < -0.39 is 5.91 Å². The van der Waals surface area contributed by atoms with Gasteiger partial charge < -0.3 is 20.1 Å². The molecule has 2 amide bonds. The number of amides is 2. The van der Waals surface area contributed by atoms with Gasteiger partial charge in [0.25, 0.3) is 11.8 Å². The van der Waals surface area contributed by atoms with Crippen molar-refractivity contribution in [3.63, 3.8) is 0 Å². The van der Waals surface area contributed by atoms with Crippen molar-refractivity contribution in [3.8, 4) is 5.75 Å². The zero-order valence-electron chi connectivity index (χ0n) is 16.8. The van der Waals surface area contributed by atoms with Gasteiger partial charge >= 0.3 is 0 Å². The van der Waals surface area contributed by atoms with Crippen LogP contribution in [0.15, 0.2) is 46.9 Å². The van der Waals surface area contributed by atoms with Gasteiger partial charge in [-0.3, -0.25) is 14.9 Å². The van der Waals surface area contributed by atoms with Gasteiger partial charge in [0.05, 0.1) is 18.8 Å². The van der Waals surface area contributed by atoms with Crippen LogP contribution in [0.5, 0.6) is 5.75 Å². The Hall–Kier alpha value is -2.49. The molecule has 30 heavy (non-hydrogen) atoms. The molecule has 3 N–H and O–H groups in total. The highest BCUT2D eigenvalue weighted by atomic mass is 79.9. The summed E-state index contributed by atoms with van der Waals surface area (Å²) in [4.78, 5) is 24.8. The molecular formula is C21H24BrN3O4S. The summed E-state index contributed by atoms with van der Waals surface area (Å²) in [6.07, 6.45) is 0.826. The summed E-state index contributed by atoms with van der Waals surface area (Å²) in [6, 6.07) is 12.0. The molecule has 0 bridgehead atoms. The maximum absolute atomic E-state index is 12.7. The SMILES string of the molecule is CCCOc1ccc(Br)cc1C(=O)NC(=S)Nc1cccc(C(=O)NCCOC)c1. The second-order valence-corrected chi connectivity index (χ2v) is 7.55. The molecule has 0 radical (unpaired) electrons. The van der Waals surface area contributed by atoms with Gasteiger partial charge in [0.15, 0.2) is 5.11 Å². The highest BCUT2D eigenvalue weighted by Gasteiger charge is 2.15. The van der Waals surface area contributed by atoms with Crippen LogP contribution in [-0.4, -0.2) is 43.8 Å². The highest BCUT2D eigenvalue weighted by molar-refractivity contribution is 9.10. The summed E-state index contributed by atoms with van der Waals surface area (Å²) in [5.74, 6) is -0.138. The molecule has 0 fully saturated rings. The lowest BCUT2D eigenvalue weighted by Crippen LogP contribution is -2.34. The van der Waals surface area contributed by atoms with E-state index >= 15 is 0 Å². The van der Waals surface area contributed by atoms with E-state index in [-0.39, 0.29) is 11.0 Å². The molecule has 9 heteroatoms. The number of ether oxygens (including phenoxy) is 2. The number of thiocarbonyl (C=S) groups is 1. The van der Waals surface area contributed by atoms with Crippen LogP contribution >= 0.6 is 28.1 Å². The molecule has 0 unspecified atom stereocenters. The van der Waals surface area contributed by atoms with Crippen LogP contribution in [-0.2, 0) is 4.74 Å². The fraction of sp³-hybridized carbons (Fsp3) is 0.286. The Morgan fingerprint density at radius 1 is 1.10 bits per heavy atom. The number of hydrogen-bond donors (Lipinski definition) is 3. The number of halogens is 1. The zero-order chi connectivity index (χ0) is 21.9. The number of hydrogen-bond acceptors (Lipinski definition) is 5. The number of nitrogens with one attached hydrogen (secondary N) is 3. The van der Waals surface area contributed by atoms with Crippen LogP contribution in [0.3, 0.4) is 0 Å². The van der Waals surface area contributed by atoms with E-state index in [1.807, 2.05) is 13.0 Å². The summed E-state index contributed by atoms with van der Waals surface area (Å²) in [6.45, 7) is 3.34. The normalized spacial score (nSPS) is 10.2. The van der Waals surface area contributed by atoms with Crippen molar-refractivity contribution in [2.75, 3.05) is 32.2 Å². The van der Waals surface area contributed by atoms with Gasteiger partial charge in [-0.25, -0.2) is 0 Å². The second-order valence-electron chi connectivity index (χ2n) is 6.23. The van der Waals surface area contributed by atoms with Crippen molar-refractivity contribution < 1.29 is 19.1 Å². The van der Waals surface area contributed by atoms with E-state index in [9.17, 15) is 9.59 Å². The maximum atomic E-state index is 12.7. The Morgan fingerprint density at radius 3 is 2.63 bits per heavy atom. The Labute approximate surface area is 189 Å². The molecule has 0 aliphatic rings. The van der Waals surface area contributed by atoms with Crippen molar-refractivity contribution in [3.05, 3.63) is 58.1 Å². The summed E-state index contributed by atoms with van der Waals surface area (Å²) in [5.41, 5.74) is 1.41. The van der Waals surface area contributed by atoms with Crippen LogP contribution in [0.4, 0.5) is 5.69 Å². The van der Waals surface area contributed by atoms with E-state index in [4.69, 9.17) is 21.7 Å². The van der Waals surface area contributed by atoms with Gasteiger partial charge in [-0.15, -0.1) is 0 Å². The molecule has 0 aliphatic carbocycles. The monoisotopic (exact) mass is 493 g/mol. The number of anilines is 1. The molecule has 0 aromatic heterocycles. The summed E-state index contributed by atoms with van der Waals surface area (Å²) >= 11 is 8.62. The molecule has 160 valence electrons. The topological polar surface area (TPSA) is 88.7 Å². The molecule has 0 atom stereocenters. The summed E-state index contributed by atoms with van der Waals surface area (Å²) in [7, 11) is 1.57. The van der Waals surface area contributed by atoms with E-state index in [0.717, 1.165) is 10.9 Å². The Balaban J connectivity index is 2.02. The van der Waals surface area contributed by atoms with Gasteiger partial charge in [-0.2, -0.15) is 0 Å². The molecule has 0 heterocycles. The fourth-order valence-electron chi connectivity index (χ4n) is 2.46. The van der Waals surface area contributed by atoms with Crippen LogP contribution in [0, 0.1) is 0 Å². The third kappa shape index (κ3) is 7.40. The Bertz CT molecular complexity index is 908. The molecule has 2 aromatic rings. The Kier molecular flexibility index (Phi) is 9.72. The van der Waals surface area contributed by atoms with Crippen LogP contribution in [0.2, 0.25) is 0 Å². The number of benzene rings is 2. The van der Waals surface area contributed by atoms with E-state index in [1.54, 1.807) is 43.5 Å². The smallest absolute Gasteiger partial charge is 0.261 e. The van der Waals surface area contributed by atoms with Gasteiger partial charge in [0, 0.05) is 29.4 Å². The predicted octanol–water partition coefficient (Wildman–Crippen LogP) is 3.74. The highest BCUT2D eigenvalue weighted by Crippen LogP contribution is 2.23.